The fraction of sp³-hybridized carbons (Fsp3) is 0.364. The zero-order valence-corrected chi connectivity index (χ0v) is 16.9. The summed E-state index contributed by atoms with van der Waals surface area (Å²) < 4.78 is 6.69. The van der Waals surface area contributed by atoms with Gasteiger partial charge in [0.1, 0.15) is 0 Å². The largest absolute Gasteiger partial charge is 0.419 e. The maximum absolute atomic E-state index is 12.4. The highest BCUT2D eigenvalue weighted by molar-refractivity contribution is 6.31. The average molecular weight is 414 g/mol. The third kappa shape index (κ3) is 4.89. The van der Waals surface area contributed by atoms with Crippen molar-refractivity contribution in [2.24, 2.45) is 0 Å². The lowest BCUT2D eigenvalue weighted by molar-refractivity contribution is -0.122. The van der Waals surface area contributed by atoms with Crippen molar-refractivity contribution >= 4 is 28.6 Å². The zero-order valence-electron chi connectivity index (χ0n) is 16.1. The summed E-state index contributed by atoms with van der Waals surface area (Å²) in [5, 5.41) is 3.62. The van der Waals surface area contributed by atoms with E-state index in [0.717, 1.165) is 32.5 Å². The Bertz CT molecular complexity index is 1040. The van der Waals surface area contributed by atoms with Gasteiger partial charge in [0.2, 0.25) is 5.91 Å². The molecule has 1 aliphatic rings. The van der Waals surface area contributed by atoms with Crippen LogP contribution in [0.4, 0.5) is 0 Å². The number of fused-ring (bicyclic) bond motifs is 1. The number of carbonyl (C=O) groups is 1. The third-order valence-corrected chi connectivity index (χ3v) is 5.63. The number of aromatic nitrogens is 1. The van der Waals surface area contributed by atoms with Crippen molar-refractivity contribution in [3.8, 4) is 0 Å². The Balaban J connectivity index is 1.26. The standard InChI is InChI=1S/C22H24ClN3O3/c23-17-6-7-19-20(14-17)29-22(28)26(19)13-10-21(27)24-18-8-11-25(12-9-18)15-16-4-2-1-3-5-16/h1-7,14,18H,8-13,15H2,(H,24,27). The Morgan fingerprint density at radius 2 is 1.90 bits per heavy atom. The second-order valence-corrected chi connectivity index (χ2v) is 7.92. The predicted octanol–water partition coefficient (Wildman–Crippen LogP) is 3.42. The number of carbonyl (C=O) groups excluding carboxylic acids is 1. The molecule has 2 aromatic carbocycles. The number of piperidine rings is 1. The first kappa shape index (κ1) is 19.7. The summed E-state index contributed by atoms with van der Waals surface area (Å²) in [5.41, 5.74) is 2.41. The number of aryl methyl sites for hydroxylation is 1. The topological polar surface area (TPSA) is 67.5 Å². The van der Waals surface area contributed by atoms with Gasteiger partial charge in [0.05, 0.1) is 5.52 Å². The molecule has 1 N–H and O–H groups in total. The third-order valence-electron chi connectivity index (χ3n) is 5.39. The molecule has 1 aromatic heterocycles. The molecule has 0 unspecified atom stereocenters. The van der Waals surface area contributed by atoms with E-state index >= 15 is 0 Å². The average Bonchev–Trinajstić information content (AvgIpc) is 3.02. The van der Waals surface area contributed by atoms with Crippen LogP contribution in [0.5, 0.6) is 0 Å². The lowest BCUT2D eigenvalue weighted by Gasteiger charge is -2.32. The summed E-state index contributed by atoms with van der Waals surface area (Å²) >= 11 is 5.93. The second-order valence-electron chi connectivity index (χ2n) is 7.49. The maximum Gasteiger partial charge on any atom is 0.419 e. The van der Waals surface area contributed by atoms with E-state index in [4.69, 9.17) is 16.0 Å². The number of nitrogens with zero attached hydrogens (tertiary/aromatic N) is 2. The van der Waals surface area contributed by atoms with Gasteiger partial charge in [-0.3, -0.25) is 14.3 Å². The molecule has 1 amide bonds. The summed E-state index contributed by atoms with van der Waals surface area (Å²) in [6, 6.07) is 15.7. The van der Waals surface area contributed by atoms with Crippen LogP contribution in [0.15, 0.2) is 57.7 Å². The van der Waals surface area contributed by atoms with E-state index in [9.17, 15) is 9.59 Å². The van der Waals surface area contributed by atoms with E-state index in [0.29, 0.717) is 16.1 Å². The quantitative estimate of drug-likeness (QED) is 0.672. The number of hydrogen-bond acceptors (Lipinski definition) is 4. The molecular weight excluding hydrogens is 390 g/mol. The minimum atomic E-state index is -0.468. The molecule has 0 radical (unpaired) electrons. The van der Waals surface area contributed by atoms with Crippen LogP contribution in [0.1, 0.15) is 24.8 Å². The van der Waals surface area contributed by atoms with E-state index in [1.165, 1.54) is 10.1 Å². The molecule has 0 atom stereocenters. The van der Waals surface area contributed by atoms with Gasteiger partial charge in [0.25, 0.3) is 0 Å². The van der Waals surface area contributed by atoms with Gasteiger partial charge in [-0.05, 0) is 30.5 Å². The lowest BCUT2D eigenvalue weighted by atomic mass is 10.0. The van der Waals surface area contributed by atoms with Crippen LogP contribution in [-0.4, -0.2) is 34.5 Å². The molecule has 7 heteroatoms. The van der Waals surface area contributed by atoms with E-state index in [-0.39, 0.29) is 24.9 Å². The Labute approximate surface area is 174 Å². The van der Waals surface area contributed by atoms with Crippen molar-refractivity contribution in [1.29, 1.82) is 0 Å². The van der Waals surface area contributed by atoms with Gasteiger partial charge in [0, 0.05) is 49.7 Å². The van der Waals surface area contributed by atoms with Gasteiger partial charge in [-0.25, -0.2) is 4.79 Å². The number of rotatable bonds is 6. The SMILES string of the molecule is O=C(CCn1c(=O)oc2cc(Cl)ccc21)NC1CCN(Cc2ccccc2)CC1. The number of oxazole rings is 1. The van der Waals surface area contributed by atoms with Gasteiger partial charge in [-0.15, -0.1) is 0 Å². The number of halogens is 1. The Hall–Kier alpha value is -2.57. The van der Waals surface area contributed by atoms with Crippen LogP contribution in [-0.2, 0) is 17.9 Å². The summed E-state index contributed by atoms with van der Waals surface area (Å²) in [6.07, 6.45) is 2.11. The number of benzene rings is 2. The first-order valence-electron chi connectivity index (χ1n) is 9.93. The van der Waals surface area contributed by atoms with Crippen molar-refractivity contribution < 1.29 is 9.21 Å². The summed E-state index contributed by atoms with van der Waals surface area (Å²) in [4.78, 5) is 26.9. The van der Waals surface area contributed by atoms with Crippen LogP contribution in [0, 0.1) is 0 Å². The van der Waals surface area contributed by atoms with Gasteiger partial charge in [0.15, 0.2) is 5.58 Å². The van der Waals surface area contributed by atoms with E-state index in [2.05, 4.69) is 34.5 Å². The van der Waals surface area contributed by atoms with Gasteiger partial charge >= 0.3 is 5.76 Å². The Morgan fingerprint density at radius 3 is 2.66 bits per heavy atom. The van der Waals surface area contributed by atoms with Crippen molar-refractivity contribution in [3.63, 3.8) is 0 Å². The normalized spacial score (nSPS) is 15.6. The molecule has 2 heterocycles. The molecule has 4 rings (SSSR count). The fourth-order valence-corrected chi connectivity index (χ4v) is 4.00. The molecule has 0 spiro atoms. The van der Waals surface area contributed by atoms with Crippen molar-refractivity contribution in [3.05, 3.63) is 69.7 Å². The van der Waals surface area contributed by atoms with Crippen LogP contribution in [0.25, 0.3) is 11.1 Å². The first-order valence-corrected chi connectivity index (χ1v) is 10.3. The number of likely N-dealkylation sites (tertiary alicyclic amines) is 1. The Morgan fingerprint density at radius 1 is 1.14 bits per heavy atom. The molecule has 0 saturated carbocycles. The van der Waals surface area contributed by atoms with E-state index in [1.807, 2.05) is 6.07 Å². The minimum Gasteiger partial charge on any atom is -0.408 e. The molecule has 29 heavy (non-hydrogen) atoms. The van der Waals surface area contributed by atoms with Crippen molar-refractivity contribution in [1.82, 2.24) is 14.8 Å². The molecule has 6 nitrogen and oxygen atoms in total. The molecule has 0 aliphatic carbocycles. The highest BCUT2D eigenvalue weighted by Gasteiger charge is 2.21. The monoisotopic (exact) mass is 413 g/mol. The molecule has 1 fully saturated rings. The van der Waals surface area contributed by atoms with Crippen molar-refractivity contribution in [2.75, 3.05) is 13.1 Å². The lowest BCUT2D eigenvalue weighted by Crippen LogP contribution is -2.44. The summed E-state index contributed by atoms with van der Waals surface area (Å²) in [6.45, 7) is 3.16. The second kappa shape index (κ2) is 8.84. The number of hydrogen-bond donors (Lipinski definition) is 1. The zero-order chi connectivity index (χ0) is 20.2. The smallest absolute Gasteiger partial charge is 0.408 e. The van der Waals surface area contributed by atoms with Crippen LogP contribution >= 0.6 is 11.6 Å². The molecule has 3 aromatic rings. The minimum absolute atomic E-state index is 0.0401. The summed E-state index contributed by atoms with van der Waals surface area (Å²) in [7, 11) is 0. The number of amides is 1. The molecular formula is C22H24ClN3O3. The predicted molar refractivity (Wildman–Crippen MR) is 113 cm³/mol. The maximum atomic E-state index is 12.4. The fourth-order valence-electron chi connectivity index (χ4n) is 3.84. The van der Waals surface area contributed by atoms with E-state index in [1.54, 1.807) is 18.2 Å². The highest BCUT2D eigenvalue weighted by atomic mass is 35.5. The van der Waals surface area contributed by atoms with Gasteiger partial charge in [-0.1, -0.05) is 41.9 Å². The molecule has 1 aliphatic heterocycles. The van der Waals surface area contributed by atoms with Gasteiger partial charge in [-0.2, -0.15) is 0 Å². The highest BCUT2D eigenvalue weighted by Crippen LogP contribution is 2.19. The molecule has 1 saturated heterocycles. The van der Waals surface area contributed by atoms with Crippen LogP contribution in [0.2, 0.25) is 5.02 Å². The van der Waals surface area contributed by atoms with Crippen LogP contribution in [0.3, 0.4) is 0 Å². The van der Waals surface area contributed by atoms with Gasteiger partial charge < -0.3 is 9.73 Å². The molecule has 152 valence electrons. The molecule has 0 bridgehead atoms. The number of nitrogens with one attached hydrogen (secondary N) is 1. The van der Waals surface area contributed by atoms with Crippen LogP contribution < -0.4 is 11.1 Å². The Kier molecular flexibility index (Phi) is 6.02. The first-order chi connectivity index (χ1) is 14.1. The van der Waals surface area contributed by atoms with E-state index < -0.39 is 5.76 Å². The van der Waals surface area contributed by atoms with Crippen molar-refractivity contribution in [2.45, 2.75) is 38.4 Å². The summed E-state index contributed by atoms with van der Waals surface area (Å²) in [5.74, 6) is -0.508.